The number of rotatable bonds is 7. The number of halogens is 2. The zero-order valence-electron chi connectivity index (χ0n) is 22.4. The monoisotopic (exact) mass is 585 g/mol. The predicted octanol–water partition coefficient (Wildman–Crippen LogP) is 5.92. The van der Waals surface area contributed by atoms with Crippen LogP contribution in [0.5, 0.6) is 0 Å². The first-order chi connectivity index (χ1) is 20.2. The van der Waals surface area contributed by atoms with Gasteiger partial charge in [0.1, 0.15) is 17.1 Å². The molecule has 2 amide bonds. The third kappa shape index (κ3) is 4.92. The second kappa shape index (κ2) is 10.8. The molecule has 0 spiro atoms. The third-order valence-corrected chi connectivity index (χ3v) is 8.37. The summed E-state index contributed by atoms with van der Waals surface area (Å²) in [4.78, 5) is 32.4. The number of carbonyl (C=O) groups excluding carboxylic acids is 2. The molecule has 1 aliphatic rings. The van der Waals surface area contributed by atoms with Crippen molar-refractivity contribution in [2.45, 2.75) is 32.4 Å². The van der Waals surface area contributed by atoms with Crippen LogP contribution in [-0.2, 0) is 13.0 Å². The van der Waals surface area contributed by atoms with Gasteiger partial charge < -0.3 is 15.7 Å². The fraction of sp³-hybridized carbons (Fsp3) is 0.161. The molecule has 8 nitrogen and oxygen atoms in total. The summed E-state index contributed by atoms with van der Waals surface area (Å²) in [7, 11) is 0. The summed E-state index contributed by atoms with van der Waals surface area (Å²) < 4.78 is 28.4. The van der Waals surface area contributed by atoms with Crippen molar-refractivity contribution in [2.75, 3.05) is 0 Å². The van der Waals surface area contributed by atoms with Crippen molar-refractivity contribution in [3.8, 4) is 10.4 Å². The molecule has 212 valence electrons. The highest BCUT2D eigenvalue weighted by Gasteiger charge is 2.29. The van der Waals surface area contributed by atoms with Crippen molar-refractivity contribution < 1.29 is 23.5 Å². The maximum Gasteiger partial charge on any atom is 0.270 e. The Morgan fingerprint density at radius 2 is 1.98 bits per heavy atom. The summed E-state index contributed by atoms with van der Waals surface area (Å²) in [5.41, 5.74) is 5.07. The minimum absolute atomic E-state index is 0.00226. The Kier molecular flexibility index (Phi) is 7.03. The van der Waals surface area contributed by atoms with E-state index >= 15 is 0 Å². The Bertz CT molecular complexity index is 1880. The molecular weight excluding hydrogens is 560 g/mol. The van der Waals surface area contributed by atoms with Gasteiger partial charge in [0.15, 0.2) is 17.3 Å². The molecule has 3 aromatic heterocycles. The Morgan fingerprint density at radius 1 is 1.14 bits per heavy atom. The van der Waals surface area contributed by atoms with Gasteiger partial charge in [0.25, 0.3) is 11.8 Å². The highest BCUT2D eigenvalue weighted by atomic mass is 32.1. The van der Waals surface area contributed by atoms with E-state index in [9.17, 15) is 23.5 Å². The highest BCUT2D eigenvalue weighted by molar-refractivity contribution is 7.13. The number of hydrogen-bond donors (Lipinski definition) is 3. The number of nitrogens with one attached hydrogen (secondary N) is 2. The van der Waals surface area contributed by atoms with Gasteiger partial charge in [0.2, 0.25) is 0 Å². The summed E-state index contributed by atoms with van der Waals surface area (Å²) in [6, 6.07) is 11.9. The molecular formula is C31H25F2N5O3S. The first-order valence-corrected chi connectivity index (χ1v) is 14.1. The van der Waals surface area contributed by atoms with Gasteiger partial charge in [-0.1, -0.05) is 30.8 Å². The van der Waals surface area contributed by atoms with Gasteiger partial charge in [-0.3, -0.25) is 9.59 Å². The number of nitrogens with zero attached hydrogens (tertiary/aromatic N) is 3. The lowest BCUT2D eigenvalue weighted by atomic mass is 9.97. The number of benzene rings is 2. The summed E-state index contributed by atoms with van der Waals surface area (Å²) >= 11 is 1.47. The summed E-state index contributed by atoms with van der Waals surface area (Å²) in [6.45, 7) is 5.49. The van der Waals surface area contributed by atoms with Crippen molar-refractivity contribution >= 4 is 34.6 Å². The average Bonchev–Trinajstić information content (AvgIpc) is 3.73. The molecule has 0 saturated heterocycles. The summed E-state index contributed by atoms with van der Waals surface area (Å²) in [5, 5.41) is 22.0. The zero-order chi connectivity index (χ0) is 29.5. The van der Waals surface area contributed by atoms with Crippen LogP contribution < -0.4 is 10.6 Å². The number of fused-ring (bicyclic) bond motifs is 2. The van der Waals surface area contributed by atoms with Crippen LogP contribution in [-0.4, -0.2) is 31.5 Å². The van der Waals surface area contributed by atoms with Gasteiger partial charge >= 0.3 is 0 Å². The van der Waals surface area contributed by atoms with Crippen molar-refractivity contribution in [3.05, 3.63) is 118 Å². The van der Waals surface area contributed by atoms with Gasteiger partial charge in [0.05, 0.1) is 17.8 Å². The van der Waals surface area contributed by atoms with E-state index in [-0.39, 0.29) is 29.7 Å². The van der Waals surface area contributed by atoms with Crippen molar-refractivity contribution in [1.29, 1.82) is 0 Å². The second-order valence-corrected chi connectivity index (χ2v) is 11.0. The van der Waals surface area contributed by atoms with Crippen LogP contribution >= 0.6 is 11.3 Å². The molecule has 0 saturated carbocycles. The third-order valence-electron chi connectivity index (χ3n) is 7.47. The molecule has 1 aliphatic carbocycles. The smallest absolute Gasteiger partial charge is 0.270 e. The number of aliphatic hydroxyl groups excluding tert-OH is 1. The van der Waals surface area contributed by atoms with Crippen LogP contribution in [0.4, 0.5) is 8.78 Å². The standard InChI is InChI=1S/C31H25F2N5O3S/c1-16-19(17(2)39)6-7-21-20(16)8-10-25(21)37-31(41)27-13-26(30(40)34-14-18-5-9-23(32)24(33)12-18)36-29-22(15-35-38(27)29)28-4-3-11-42-28/h3-7,9,11-13,15,25,39H,2,8,10,14H2,1H3,(H,34,40)(H,37,41)/t25-/m0/s1. The predicted molar refractivity (Wildman–Crippen MR) is 155 cm³/mol. The highest BCUT2D eigenvalue weighted by Crippen LogP contribution is 2.36. The SMILES string of the molecule is C=C(O)c1ccc2c(c1C)CC[C@@H]2NC(=O)c1cc(C(=O)NCc2ccc(F)c(F)c2)nc2c(-c3cccs3)cnn12. The molecule has 0 bridgehead atoms. The van der Waals surface area contributed by atoms with Crippen LogP contribution in [0.2, 0.25) is 0 Å². The van der Waals surface area contributed by atoms with E-state index in [0.29, 0.717) is 28.8 Å². The van der Waals surface area contributed by atoms with Crippen molar-refractivity contribution in [3.63, 3.8) is 0 Å². The quantitative estimate of drug-likeness (QED) is 0.206. The maximum atomic E-state index is 13.7. The number of carbonyl (C=O) groups is 2. The first kappa shape index (κ1) is 27.3. The molecule has 0 radical (unpaired) electrons. The molecule has 0 fully saturated rings. The van der Waals surface area contributed by atoms with Gasteiger partial charge in [-0.05, 0) is 65.6 Å². The number of amides is 2. The number of aromatic nitrogens is 3. The van der Waals surface area contributed by atoms with E-state index in [4.69, 9.17) is 0 Å². The largest absolute Gasteiger partial charge is 0.508 e. The van der Waals surface area contributed by atoms with Crippen LogP contribution in [0.25, 0.3) is 21.8 Å². The minimum Gasteiger partial charge on any atom is -0.508 e. The first-order valence-electron chi connectivity index (χ1n) is 13.2. The molecule has 0 aliphatic heterocycles. The Labute approximate surface area is 243 Å². The van der Waals surface area contributed by atoms with E-state index in [0.717, 1.165) is 40.1 Å². The number of hydrogen-bond acceptors (Lipinski definition) is 6. The van der Waals surface area contributed by atoms with Crippen LogP contribution in [0.1, 0.15) is 61.3 Å². The summed E-state index contributed by atoms with van der Waals surface area (Å²) in [5.74, 6) is -3.02. The lowest BCUT2D eigenvalue weighted by Crippen LogP contribution is -2.30. The van der Waals surface area contributed by atoms with Gasteiger partial charge in [0, 0.05) is 23.1 Å². The maximum absolute atomic E-state index is 13.7. The van der Waals surface area contributed by atoms with Crippen molar-refractivity contribution in [2.24, 2.45) is 0 Å². The topological polar surface area (TPSA) is 109 Å². The van der Waals surface area contributed by atoms with Gasteiger partial charge in [-0.15, -0.1) is 11.3 Å². The number of aliphatic hydroxyl groups is 1. The van der Waals surface area contributed by atoms with E-state index in [1.807, 2.05) is 30.5 Å². The molecule has 1 atom stereocenters. The lowest BCUT2D eigenvalue weighted by molar-refractivity contribution is 0.0929. The van der Waals surface area contributed by atoms with E-state index in [2.05, 4.69) is 27.3 Å². The normalized spacial score (nSPS) is 14.1. The fourth-order valence-corrected chi connectivity index (χ4v) is 6.08. The average molecular weight is 586 g/mol. The molecule has 3 N–H and O–H groups in total. The number of thiophene rings is 1. The molecule has 42 heavy (non-hydrogen) atoms. The molecule has 0 unspecified atom stereocenters. The molecule has 3 heterocycles. The van der Waals surface area contributed by atoms with Crippen LogP contribution in [0.15, 0.2) is 66.7 Å². The summed E-state index contributed by atoms with van der Waals surface area (Å²) in [6.07, 6.45) is 2.99. The Balaban J connectivity index is 1.33. The van der Waals surface area contributed by atoms with E-state index in [1.54, 1.807) is 12.3 Å². The van der Waals surface area contributed by atoms with E-state index < -0.39 is 23.4 Å². The second-order valence-electron chi connectivity index (χ2n) is 10.0. The lowest BCUT2D eigenvalue weighted by Gasteiger charge is -2.17. The molecule has 6 rings (SSSR count). The molecule has 5 aromatic rings. The van der Waals surface area contributed by atoms with Gasteiger partial charge in [-0.25, -0.2) is 18.3 Å². The van der Waals surface area contributed by atoms with Crippen molar-refractivity contribution in [1.82, 2.24) is 25.2 Å². The van der Waals surface area contributed by atoms with E-state index in [1.165, 1.54) is 28.0 Å². The Morgan fingerprint density at radius 3 is 2.71 bits per heavy atom. The van der Waals surface area contributed by atoms with Crippen LogP contribution in [0, 0.1) is 18.6 Å². The van der Waals surface area contributed by atoms with Crippen LogP contribution in [0.3, 0.4) is 0 Å². The Hall–Kier alpha value is -4.90. The molecule has 2 aromatic carbocycles. The minimum atomic E-state index is -1.01. The van der Waals surface area contributed by atoms with Gasteiger partial charge in [-0.2, -0.15) is 5.10 Å². The zero-order valence-corrected chi connectivity index (χ0v) is 23.3. The molecule has 11 heteroatoms. The fourth-order valence-electron chi connectivity index (χ4n) is 5.34.